The Kier molecular flexibility index (Phi) is 5.05. The predicted molar refractivity (Wildman–Crippen MR) is 88.7 cm³/mol. The van der Waals surface area contributed by atoms with Gasteiger partial charge in [0.05, 0.1) is 0 Å². The summed E-state index contributed by atoms with van der Waals surface area (Å²) in [6.45, 7) is 1.24. The molecule has 126 valence electrons. The Balaban J connectivity index is 1.85. The maximum Gasteiger partial charge on any atom is 0.341 e. The number of aliphatic carboxylic acids is 1. The van der Waals surface area contributed by atoms with Crippen LogP contribution in [0.3, 0.4) is 0 Å². The molecule has 3 rings (SSSR count). The summed E-state index contributed by atoms with van der Waals surface area (Å²) in [6.07, 6.45) is 3.36. The first-order valence-electron chi connectivity index (χ1n) is 7.88. The van der Waals surface area contributed by atoms with Crippen LogP contribution in [0.1, 0.15) is 19.3 Å². The summed E-state index contributed by atoms with van der Waals surface area (Å²) in [5.74, 6) is -0.242. The molecule has 8 nitrogen and oxygen atoms in total. The van der Waals surface area contributed by atoms with Gasteiger partial charge < -0.3 is 20.1 Å². The Labute approximate surface area is 139 Å². The van der Waals surface area contributed by atoms with Crippen LogP contribution >= 0.6 is 0 Å². The Hall–Kier alpha value is -2.90. The van der Waals surface area contributed by atoms with Crippen molar-refractivity contribution in [3.05, 3.63) is 30.3 Å². The lowest BCUT2D eigenvalue weighted by atomic mass is 10.1. The molecule has 2 N–H and O–H groups in total. The average Bonchev–Trinajstić information content (AvgIpc) is 2.61. The molecule has 0 saturated carbocycles. The van der Waals surface area contributed by atoms with E-state index in [1.165, 1.54) is 6.42 Å². The lowest BCUT2D eigenvalue weighted by molar-refractivity contribution is -0.139. The van der Waals surface area contributed by atoms with E-state index in [2.05, 4.69) is 25.2 Å². The van der Waals surface area contributed by atoms with E-state index in [0.717, 1.165) is 31.6 Å². The van der Waals surface area contributed by atoms with Crippen LogP contribution in [-0.2, 0) is 4.79 Å². The van der Waals surface area contributed by atoms with E-state index in [9.17, 15) is 4.79 Å². The summed E-state index contributed by atoms with van der Waals surface area (Å²) in [5, 5.41) is 11.9. The topological polar surface area (TPSA) is 100 Å². The van der Waals surface area contributed by atoms with Gasteiger partial charge in [-0.25, -0.2) is 4.79 Å². The lowest BCUT2D eigenvalue weighted by Gasteiger charge is -2.26. The molecule has 2 aromatic rings. The summed E-state index contributed by atoms with van der Waals surface area (Å²) in [4.78, 5) is 25.6. The maximum absolute atomic E-state index is 10.7. The van der Waals surface area contributed by atoms with Crippen molar-refractivity contribution in [3.63, 3.8) is 0 Å². The van der Waals surface area contributed by atoms with Crippen molar-refractivity contribution in [2.45, 2.75) is 19.3 Å². The van der Waals surface area contributed by atoms with Crippen molar-refractivity contribution in [3.8, 4) is 6.01 Å². The number of carboxylic acids is 1. The molecule has 1 fully saturated rings. The number of hydrogen-bond donors (Lipinski definition) is 2. The molecule has 0 bridgehead atoms. The minimum Gasteiger partial charge on any atom is -0.479 e. The van der Waals surface area contributed by atoms with Gasteiger partial charge in [0.2, 0.25) is 11.9 Å². The highest BCUT2D eigenvalue weighted by molar-refractivity contribution is 5.68. The van der Waals surface area contributed by atoms with Crippen LogP contribution in [-0.4, -0.2) is 45.7 Å². The van der Waals surface area contributed by atoms with Crippen molar-refractivity contribution >= 4 is 23.6 Å². The van der Waals surface area contributed by atoms with Crippen LogP contribution in [0.5, 0.6) is 6.01 Å². The smallest absolute Gasteiger partial charge is 0.341 e. The van der Waals surface area contributed by atoms with E-state index >= 15 is 0 Å². The summed E-state index contributed by atoms with van der Waals surface area (Å²) in [5.41, 5.74) is 0.831. The number of rotatable bonds is 6. The minimum absolute atomic E-state index is 0.00593. The second-order valence-corrected chi connectivity index (χ2v) is 5.46. The van der Waals surface area contributed by atoms with Gasteiger partial charge in [-0.1, -0.05) is 18.2 Å². The van der Waals surface area contributed by atoms with Crippen LogP contribution in [0.25, 0.3) is 0 Å². The quantitative estimate of drug-likeness (QED) is 0.830. The number of hydrogen-bond acceptors (Lipinski definition) is 7. The largest absolute Gasteiger partial charge is 0.479 e. The molecule has 1 aromatic heterocycles. The number of aromatic nitrogens is 3. The number of benzene rings is 1. The fraction of sp³-hybridized carbons (Fsp3) is 0.375. The van der Waals surface area contributed by atoms with Gasteiger partial charge >= 0.3 is 12.0 Å². The molecule has 8 heteroatoms. The van der Waals surface area contributed by atoms with Gasteiger partial charge in [-0.15, -0.1) is 0 Å². The molecule has 0 atom stereocenters. The van der Waals surface area contributed by atoms with E-state index in [0.29, 0.717) is 11.9 Å². The third-order valence-corrected chi connectivity index (χ3v) is 3.60. The number of carbonyl (C=O) groups is 1. The Morgan fingerprint density at radius 1 is 1.12 bits per heavy atom. The second-order valence-electron chi connectivity index (χ2n) is 5.46. The van der Waals surface area contributed by atoms with Crippen LogP contribution in [0.2, 0.25) is 0 Å². The number of carboxylic acid groups (broad SMARTS) is 1. The van der Waals surface area contributed by atoms with Gasteiger partial charge in [0, 0.05) is 18.8 Å². The number of ether oxygens (including phenoxy) is 1. The lowest BCUT2D eigenvalue weighted by Crippen LogP contribution is -2.31. The second kappa shape index (κ2) is 7.58. The summed E-state index contributed by atoms with van der Waals surface area (Å²) >= 11 is 0. The number of nitrogens with one attached hydrogen (secondary N) is 1. The molecule has 1 saturated heterocycles. The zero-order valence-corrected chi connectivity index (χ0v) is 13.2. The van der Waals surface area contributed by atoms with Gasteiger partial charge in [-0.3, -0.25) is 0 Å². The molecule has 0 spiro atoms. The molecule has 0 unspecified atom stereocenters. The average molecular weight is 329 g/mol. The van der Waals surface area contributed by atoms with Crippen molar-refractivity contribution in [1.29, 1.82) is 0 Å². The molecule has 1 aromatic carbocycles. The van der Waals surface area contributed by atoms with Gasteiger partial charge in [-0.2, -0.15) is 15.0 Å². The van der Waals surface area contributed by atoms with E-state index < -0.39 is 12.6 Å². The first-order valence-corrected chi connectivity index (χ1v) is 7.88. The Bertz CT molecular complexity index is 689. The van der Waals surface area contributed by atoms with Crippen LogP contribution in [0, 0.1) is 0 Å². The van der Waals surface area contributed by atoms with Crippen molar-refractivity contribution in [2.24, 2.45) is 0 Å². The van der Waals surface area contributed by atoms with Crippen molar-refractivity contribution < 1.29 is 14.6 Å². The van der Waals surface area contributed by atoms with Crippen LogP contribution in [0.15, 0.2) is 30.3 Å². The summed E-state index contributed by atoms with van der Waals surface area (Å²) < 4.78 is 5.15. The third kappa shape index (κ3) is 4.31. The molecular formula is C16H19N5O3. The van der Waals surface area contributed by atoms with Crippen LogP contribution < -0.4 is 15.0 Å². The minimum atomic E-state index is -1.08. The van der Waals surface area contributed by atoms with Gasteiger partial charge in [0.15, 0.2) is 6.61 Å². The molecule has 24 heavy (non-hydrogen) atoms. The third-order valence-electron chi connectivity index (χ3n) is 3.60. The van der Waals surface area contributed by atoms with E-state index in [-0.39, 0.29) is 6.01 Å². The Morgan fingerprint density at radius 2 is 1.88 bits per heavy atom. The molecule has 1 aliphatic heterocycles. The van der Waals surface area contributed by atoms with E-state index in [4.69, 9.17) is 9.84 Å². The molecule has 1 aliphatic rings. The molecule has 2 heterocycles. The highest BCUT2D eigenvalue weighted by atomic mass is 16.5. The monoisotopic (exact) mass is 329 g/mol. The van der Waals surface area contributed by atoms with Crippen LogP contribution in [0.4, 0.5) is 17.6 Å². The number of nitrogens with zero attached hydrogens (tertiary/aromatic N) is 4. The highest BCUT2D eigenvalue weighted by Crippen LogP contribution is 2.21. The molecule has 0 amide bonds. The van der Waals surface area contributed by atoms with Crippen molar-refractivity contribution in [1.82, 2.24) is 15.0 Å². The van der Waals surface area contributed by atoms with E-state index in [1.54, 1.807) is 0 Å². The Morgan fingerprint density at radius 3 is 2.58 bits per heavy atom. The summed E-state index contributed by atoms with van der Waals surface area (Å²) in [6, 6.07) is 9.50. The first kappa shape index (κ1) is 16.0. The molecule has 0 radical (unpaired) electrons. The number of piperidine rings is 1. The van der Waals surface area contributed by atoms with Gasteiger partial charge in [0.25, 0.3) is 0 Å². The molecular weight excluding hydrogens is 310 g/mol. The van der Waals surface area contributed by atoms with E-state index in [1.807, 2.05) is 30.3 Å². The predicted octanol–water partition coefficient (Wildman–Crippen LogP) is 2.07. The molecule has 0 aliphatic carbocycles. The SMILES string of the molecule is O=C(O)COc1nc(Nc2ccccc2)nc(N2CCCCC2)n1. The summed E-state index contributed by atoms with van der Waals surface area (Å²) in [7, 11) is 0. The maximum atomic E-state index is 10.7. The van der Waals surface area contributed by atoms with Gasteiger partial charge in [0.1, 0.15) is 0 Å². The zero-order valence-electron chi connectivity index (χ0n) is 13.2. The standard InChI is InChI=1S/C16H19N5O3/c22-13(23)11-24-16-19-14(17-12-7-3-1-4-8-12)18-15(20-16)21-9-5-2-6-10-21/h1,3-4,7-8H,2,5-6,9-11H2,(H,22,23)(H,17,18,19,20). The number of anilines is 3. The fourth-order valence-corrected chi connectivity index (χ4v) is 2.48. The van der Waals surface area contributed by atoms with Gasteiger partial charge in [-0.05, 0) is 31.4 Å². The van der Waals surface area contributed by atoms with Crippen molar-refractivity contribution in [2.75, 3.05) is 29.9 Å². The first-order chi connectivity index (χ1) is 11.7. The zero-order chi connectivity index (χ0) is 16.8. The number of para-hydroxylation sites is 1. The normalized spacial score (nSPS) is 14.2. The highest BCUT2D eigenvalue weighted by Gasteiger charge is 2.17. The fourth-order valence-electron chi connectivity index (χ4n) is 2.48.